The summed E-state index contributed by atoms with van der Waals surface area (Å²) in [5, 5.41) is 0. The van der Waals surface area contributed by atoms with Crippen molar-refractivity contribution in [2.75, 3.05) is 26.4 Å². The highest BCUT2D eigenvalue weighted by atomic mass is 79.9. The molecule has 0 heterocycles. The molecule has 2 N–H and O–H groups in total. The molecule has 0 saturated heterocycles. The fourth-order valence-corrected chi connectivity index (χ4v) is 3.66. The van der Waals surface area contributed by atoms with Crippen LogP contribution in [0.3, 0.4) is 0 Å². The van der Waals surface area contributed by atoms with E-state index in [4.69, 9.17) is 5.73 Å². The van der Waals surface area contributed by atoms with E-state index in [1.54, 1.807) is 13.0 Å². The molecule has 1 rings (SSSR count). The predicted octanol–water partition coefficient (Wildman–Crippen LogP) is 1.52. The number of carbonyl (C=O) groups excluding carboxylic acids is 1. The first kappa shape index (κ1) is 16.9. The van der Waals surface area contributed by atoms with E-state index in [1.165, 1.54) is 20.2 Å². The van der Waals surface area contributed by atoms with Gasteiger partial charge in [-0.2, -0.15) is 0 Å². The van der Waals surface area contributed by atoms with Gasteiger partial charge in [-0.25, -0.2) is 12.7 Å². The molecule has 0 radical (unpaired) electrons. The Bertz CT molecular complexity index is 616. The lowest BCUT2D eigenvalue weighted by atomic mass is 10.2. The Hall–Kier alpha value is -1.12. The molecule has 0 unspecified atom stereocenters. The van der Waals surface area contributed by atoms with E-state index < -0.39 is 16.0 Å². The van der Waals surface area contributed by atoms with Crippen LogP contribution in [0.2, 0.25) is 0 Å². The first-order chi connectivity index (χ1) is 9.20. The van der Waals surface area contributed by atoms with Crippen LogP contribution in [0, 0.1) is 6.92 Å². The Morgan fingerprint density at radius 2 is 2.05 bits per heavy atom. The number of methoxy groups -OCH3 is 1. The minimum absolute atomic E-state index is 0.00520. The van der Waals surface area contributed by atoms with Gasteiger partial charge in [0.1, 0.15) is 0 Å². The van der Waals surface area contributed by atoms with E-state index in [-0.39, 0.29) is 17.9 Å². The van der Waals surface area contributed by atoms with Crippen LogP contribution >= 0.6 is 15.9 Å². The maximum atomic E-state index is 12.5. The van der Waals surface area contributed by atoms with Gasteiger partial charge in [-0.15, -0.1) is 0 Å². The first-order valence-corrected chi connectivity index (χ1v) is 8.02. The third-order valence-corrected chi connectivity index (χ3v) is 5.35. The van der Waals surface area contributed by atoms with Gasteiger partial charge in [0, 0.05) is 23.8 Å². The summed E-state index contributed by atoms with van der Waals surface area (Å²) in [6.07, 6.45) is -0.00520. The Kier molecular flexibility index (Phi) is 5.55. The van der Waals surface area contributed by atoms with Crippen molar-refractivity contribution in [3.8, 4) is 0 Å². The number of halogens is 1. The predicted molar refractivity (Wildman–Crippen MR) is 79.7 cm³/mol. The largest absolute Gasteiger partial charge is 0.469 e. The molecule has 0 aromatic heterocycles. The summed E-state index contributed by atoms with van der Waals surface area (Å²) >= 11 is 3.23. The van der Waals surface area contributed by atoms with Gasteiger partial charge in [0.25, 0.3) is 0 Å². The van der Waals surface area contributed by atoms with Crippen molar-refractivity contribution < 1.29 is 17.9 Å². The molecule has 0 fully saturated rings. The molecule has 6 nitrogen and oxygen atoms in total. The molecule has 0 bridgehead atoms. The zero-order chi connectivity index (χ0) is 15.5. The van der Waals surface area contributed by atoms with E-state index >= 15 is 0 Å². The molecular formula is C12H17BrN2O4S. The van der Waals surface area contributed by atoms with Crippen molar-refractivity contribution in [2.24, 2.45) is 0 Å². The van der Waals surface area contributed by atoms with E-state index in [2.05, 4.69) is 20.7 Å². The van der Waals surface area contributed by atoms with Crippen LogP contribution in [-0.2, 0) is 19.6 Å². The fourth-order valence-electron chi connectivity index (χ4n) is 1.58. The highest BCUT2D eigenvalue weighted by molar-refractivity contribution is 9.10. The van der Waals surface area contributed by atoms with E-state index in [9.17, 15) is 13.2 Å². The Morgan fingerprint density at radius 3 is 2.60 bits per heavy atom. The van der Waals surface area contributed by atoms with Crippen LogP contribution in [0.25, 0.3) is 0 Å². The van der Waals surface area contributed by atoms with Gasteiger partial charge in [-0.05, 0) is 24.6 Å². The van der Waals surface area contributed by atoms with Crippen LogP contribution in [0.5, 0.6) is 0 Å². The summed E-state index contributed by atoms with van der Waals surface area (Å²) in [4.78, 5) is 11.2. The minimum Gasteiger partial charge on any atom is -0.469 e. The number of sulfonamides is 1. The standard InChI is InChI=1S/C12H17BrN2O4S/c1-8-10(14)6-9(13)7-11(8)20(17,18)15(2)5-4-12(16)19-3/h6-7H,4-5,14H2,1-3H3. The second-order valence-electron chi connectivity index (χ2n) is 4.27. The fraction of sp³-hybridized carbons (Fsp3) is 0.417. The molecule has 0 aliphatic rings. The molecule has 0 aliphatic carbocycles. The molecule has 0 aliphatic heterocycles. The number of esters is 1. The average molecular weight is 365 g/mol. The summed E-state index contributed by atoms with van der Waals surface area (Å²) in [7, 11) is -1.03. The smallest absolute Gasteiger partial charge is 0.306 e. The van der Waals surface area contributed by atoms with Crippen molar-refractivity contribution in [1.82, 2.24) is 4.31 Å². The zero-order valence-corrected chi connectivity index (χ0v) is 13.9. The molecule has 20 heavy (non-hydrogen) atoms. The highest BCUT2D eigenvalue weighted by Gasteiger charge is 2.24. The second-order valence-corrected chi connectivity index (χ2v) is 7.20. The zero-order valence-electron chi connectivity index (χ0n) is 11.5. The molecule has 0 amide bonds. The van der Waals surface area contributed by atoms with E-state index in [0.29, 0.717) is 15.7 Å². The summed E-state index contributed by atoms with van der Waals surface area (Å²) < 4.78 is 31.1. The summed E-state index contributed by atoms with van der Waals surface area (Å²) in [5.41, 5.74) is 6.65. The highest BCUT2D eigenvalue weighted by Crippen LogP contribution is 2.28. The average Bonchev–Trinajstić information content (AvgIpc) is 2.39. The number of ether oxygens (including phenoxy) is 1. The molecule has 0 atom stereocenters. The molecule has 112 valence electrons. The Morgan fingerprint density at radius 1 is 1.45 bits per heavy atom. The van der Waals surface area contributed by atoms with Crippen LogP contribution in [0.1, 0.15) is 12.0 Å². The number of benzene rings is 1. The monoisotopic (exact) mass is 364 g/mol. The van der Waals surface area contributed by atoms with Gasteiger partial charge in [-0.1, -0.05) is 15.9 Å². The number of rotatable bonds is 5. The second kappa shape index (κ2) is 6.55. The number of carbonyl (C=O) groups is 1. The lowest BCUT2D eigenvalue weighted by molar-refractivity contribution is -0.140. The molecular weight excluding hydrogens is 348 g/mol. The van der Waals surface area contributed by atoms with Gasteiger partial charge < -0.3 is 10.5 Å². The number of hydrogen-bond donors (Lipinski definition) is 1. The normalized spacial score (nSPS) is 11.7. The van der Waals surface area contributed by atoms with Gasteiger partial charge in [0.2, 0.25) is 10.0 Å². The van der Waals surface area contributed by atoms with Crippen LogP contribution < -0.4 is 5.73 Å². The van der Waals surface area contributed by atoms with Gasteiger partial charge in [-0.3, -0.25) is 4.79 Å². The molecule has 0 spiro atoms. The maximum absolute atomic E-state index is 12.5. The lowest BCUT2D eigenvalue weighted by Gasteiger charge is -2.19. The number of hydrogen-bond acceptors (Lipinski definition) is 5. The minimum atomic E-state index is -3.70. The maximum Gasteiger partial charge on any atom is 0.306 e. The van der Waals surface area contributed by atoms with Crippen molar-refractivity contribution >= 4 is 37.6 Å². The van der Waals surface area contributed by atoms with Crippen LogP contribution in [-0.4, -0.2) is 39.4 Å². The van der Waals surface area contributed by atoms with Gasteiger partial charge >= 0.3 is 5.97 Å². The molecule has 1 aromatic rings. The SMILES string of the molecule is COC(=O)CCN(C)S(=O)(=O)c1cc(Br)cc(N)c1C. The summed E-state index contributed by atoms with van der Waals surface area (Å²) in [6, 6.07) is 3.14. The lowest BCUT2D eigenvalue weighted by Crippen LogP contribution is -2.30. The molecule has 1 aromatic carbocycles. The van der Waals surface area contributed by atoms with Crippen molar-refractivity contribution in [3.63, 3.8) is 0 Å². The third kappa shape index (κ3) is 3.71. The summed E-state index contributed by atoms with van der Waals surface area (Å²) in [5.74, 6) is -0.461. The van der Waals surface area contributed by atoms with E-state index in [0.717, 1.165) is 4.31 Å². The van der Waals surface area contributed by atoms with Gasteiger partial charge in [0.15, 0.2) is 0 Å². The Balaban J connectivity index is 3.08. The van der Waals surface area contributed by atoms with Crippen LogP contribution in [0.15, 0.2) is 21.5 Å². The number of anilines is 1. The first-order valence-electron chi connectivity index (χ1n) is 5.79. The Labute approximate surface area is 127 Å². The molecule has 8 heteroatoms. The number of nitrogens with zero attached hydrogens (tertiary/aromatic N) is 1. The van der Waals surface area contributed by atoms with Crippen molar-refractivity contribution in [3.05, 3.63) is 22.2 Å². The topological polar surface area (TPSA) is 89.7 Å². The van der Waals surface area contributed by atoms with Crippen LogP contribution in [0.4, 0.5) is 5.69 Å². The van der Waals surface area contributed by atoms with Crippen molar-refractivity contribution in [2.45, 2.75) is 18.2 Å². The molecule has 0 saturated carbocycles. The number of nitrogens with two attached hydrogens (primary N) is 1. The number of nitrogen functional groups attached to an aromatic ring is 1. The van der Waals surface area contributed by atoms with E-state index in [1.807, 2.05) is 0 Å². The third-order valence-electron chi connectivity index (χ3n) is 2.91. The summed E-state index contributed by atoms with van der Waals surface area (Å²) in [6.45, 7) is 1.68. The van der Waals surface area contributed by atoms with Gasteiger partial charge in [0.05, 0.1) is 18.4 Å². The quantitative estimate of drug-likeness (QED) is 0.631. The van der Waals surface area contributed by atoms with Crippen molar-refractivity contribution in [1.29, 1.82) is 0 Å².